The molecule has 0 amide bonds. The van der Waals surface area contributed by atoms with E-state index in [-0.39, 0.29) is 17.8 Å². The summed E-state index contributed by atoms with van der Waals surface area (Å²) in [4.78, 5) is 25.4. The van der Waals surface area contributed by atoms with Gasteiger partial charge in [0.05, 0.1) is 16.9 Å². The lowest BCUT2D eigenvalue weighted by Crippen LogP contribution is -2.32. The lowest BCUT2D eigenvalue weighted by Gasteiger charge is -2.30. The molecule has 0 saturated carbocycles. The van der Waals surface area contributed by atoms with Crippen LogP contribution in [0.25, 0.3) is 22.3 Å². The zero-order valence-electron chi connectivity index (χ0n) is 15.8. The fourth-order valence-corrected chi connectivity index (χ4v) is 3.65. The van der Waals surface area contributed by atoms with Crippen molar-refractivity contribution in [2.45, 2.75) is 6.54 Å². The maximum atomic E-state index is 12.7. The first kappa shape index (κ1) is 17.9. The SMILES string of the molecule is O=c1cc(-c2ccccc2)oc2ccc(N3COc4c(cccc4[N+](=O)[O-])C3)cc12. The monoisotopic (exact) mass is 400 g/mol. The Morgan fingerprint density at radius 2 is 1.80 bits per heavy atom. The van der Waals surface area contributed by atoms with Crippen molar-refractivity contribution in [3.63, 3.8) is 0 Å². The number of para-hydroxylation sites is 1. The Morgan fingerprint density at radius 1 is 0.967 bits per heavy atom. The van der Waals surface area contributed by atoms with Gasteiger partial charge in [-0.2, -0.15) is 0 Å². The summed E-state index contributed by atoms with van der Waals surface area (Å²) in [5, 5.41) is 11.7. The molecule has 3 aromatic carbocycles. The predicted molar refractivity (Wildman–Crippen MR) is 113 cm³/mol. The van der Waals surface area contributed by atoms with Crippen LogP contribution in [0.1, 0.15) is 5.56 Å². The number of hydrogen-bond acceptors (Lipinski definition) is 6. The van der Waals surface area contributed by atoms with E-state index >= 15 is 0 Å². The number of ether oxygens (including phenoxy) is 1. The number of hydrogen-bond donors (Lipinski definition) is 0. The molecule has 0 radical (unpaired) electrons. The molecular formula is C23H16N2O5. The Balaban J connectivity index is 1.50. The van der Waals surface area contributed by atoms with Crippen LogP contribution < -0.4 is 15.1 Å². The molecule has 0 spiro atoms. The van der Waals surface area contributed by atoms with E-state index in [2.05, 4.69) is 0 Å². The Morgan fingerprint density at radius 3 is 2.60 bits per heavy atom. The Hall–Kier alpha value is -4.13. The van der Waals surface area contributed by atoms with Gasteiger partial charge >= 0.3 is 5.69 Å². The van der Waals surface area contributed by atoms with E-state index in [1.165, 1.54) is 12.1 Å². The van der Waals surface area contributed by atoms with Crippen LogP contribution in [0.3, 0.4) is 0 Å². The van der Waals surface area contributed by atoms with Gasteiger partial charge in [-0.15, -0.1) is 0 Å². The molecule has 7 heteroatoms. The number of fused-ring (bicyclic) bond motifs is 2. The largest absolute Gasteiger partial charge is 0.466 e. The molecule has 1 aliphatic heterocycles. The number of nitro benzene ring substituents is 1. The molecular weight excluding hydrogens is 384 g/mol. The van der Waals surface area contributed by atoms with Crippen LogP contribution in [0.4, 0.5) is 11.4 Å². The first-order valence-electron chi connectivity index (χ1n) is 9.37. The molecule has 4 aromatic rings. The summed E-state index contributed by atoms with van der Waals surface area (Å²) in [7, 11) is 0. The highest BCUT2D eigenvalue weighted by atomic mass is 16.6. The summed E-state index contributed by atoms with van der Waals surface area (Å²) in [6, 6.07) is 21.2. The highest BCUT2D eigenvalue weighted by Crippen LogP contribution is 2.36. The van der Waals surface area contributed by atoms with Gasteiger partial charge in [-0.1, -0.05) is 42.5 Å². The van der Waals surface area contributed by atoms with Gasteiger partial charge < -0.3 is 14.1 Å². The molecule has 1 aromatic heterocycles. The van der Waals surface area contributed by atoms with Gasteiger partial charge in [0, 0.05) is 28.9 Å². The molecule has 0 N–H and O–H groups in total. The molecule has 30 heavy (non-hydrogen) atoms. The minimum atomic E-state index is -0.444. The van der Waals surface area contributed by atoms with E-state index in [1.807, 2.05) is 41.3 Å². The molecule has 0 fully saturated rings. The van der Waals surface area contributed by atoms with Crippen molar-refractivity contribution in [2.75, 3.05) is 11.6 Å². The second-order valence-electron chi connectivity index (χ2n) is 7.02. The van der Waals surface area contributed by atoms with Gasteiger partial charge in [-0.3, -0.25) is 14.9 Å². The van der Waals surface area contributed by atoms with Crippen molar-refractivity contribution < 1.29 is 14.1 Å². The van der Waals surface area contributed by atoms with Crippen LogP contribution in [0.2, 0.25) is 0 Å². The van der Waals surface area contributed by atoms with Gasteiger partial charge in [0.2, 0.25) is 5.75 Å². The molecule has 0 bridgehead atoms. The Labute approximate surface area is 170 Å². The predicted octanol–water partition coefficient (Wildman–Crippen LogP) is 4.72. The van der Waals surface area contributed by atoms with Crippen molar-refractivity contribution in [3.05, 3.63) is 98.7 Å². The average Bonchev–Trinajstić information content (AvgIpc) is 2.78. The number of anilines is 1. The van der Waals surface area contributed by atoms with Gasteiger partial charge in [-0.05, 0) is 18.2 Å². The Kier molecular flexibility index (Phi) is 4.21. The first-order chi connectivity index (χ1) is 14.6. The van der Waals surface area contributed by atoms with E-state index in [4.69, 9.17) is 9.15 Å². The lowest BCUT2D eigenvalue weighted by atomic mass is 10.1. The summed E-state index contributed by atoms with van der Waals surface area (Å²) >= 11 is 0. The molecule has 0 atom stereocenters. The standard InChI is InChI=1S/C23H16N2O5/c26-20-12-22(15-5-2-1-3-6-15)30-21-10-9-17(11-18(20)21)24-13-16-7-4-8-19(25(27)28)23(16)29-14-24/h1-12H,13-14H2. The maximum absolute atomic E-state index is 12.7. The number of nitro groups is 1. The number of benzene rings is 3. The molecule has 1 aliphatic rings. The van der Waals surface area contributed by atoms with Crippen molar-refractivity contribution in [1.82, 2.24) is 0 Å². The Bertz CT molecular complexity index is 1330. The van der Waals surface area contributed by atoms with Crippen molar-refractivity contribution in [3.8, 4) is 17.1 Å². The van der Waals surface area contributed by atoms with Crippen LogP contribution in [0.5, 0.6) is 5.75 Å². The smallest absolute Gasteiger partial charge is 0.311 e. The normalized spacial score (nSPS) is 13.0. The fourth-order valence-electron chi connectivity index (χ4n) is 3.65. The summed E-state index contributed by atoms with van der Waals surface area (Å²) in [5.74, 6) is 0.815. The minimum Gasteiger partial charge on any atom is -0.466 e. The van der Waals surface area contributed by atoms with Crippen molar-refractivity contribution >= 4 is 22.3 Å². The van der Waals surface area contributed by atoms with Gasteiger partial charge in [0.25, 0.3) is 0 Å². The summed E-state index contributed by atoms with van der Waals surface area (Å²) in [6.45, 7) is 0.590. The maximum Gasteiger partial charge on any atom is 0.311 e. The highest BCUT2D eigenvalue weighted by Gasteiger charge is 2.25. The zero-order valence-corrected chi connectivity index (χ0v) is 15.8. The first-order valence-corrected chi connectivity index (χ1v) is 9.37. The van der Waals surface area contributed by atoms with E-state index < -0.39 is 4.92 Å². The second kappa shape index (κ2) is 7.04. The lowest BCUT2D eigenvalue weighted by molar-refractivity contribution is -0.386. The topological polar surface area (TPSA) is 85.8 Å². The molecule has 0 saturated heterocycles. The summed E-state index contributed by atoms with van der Waals surface area (Å²) < 4.78 is 11.6. The van der Waals surface area contributed by atoms with Crippen LogP contribution >= 0.6 is 0 Å². The average molecular weight is 400 g/mol. The number of rotatable bonds is 3. The second-order valence-corrected chi connectivity index (χ2v) is 7.02. The highest BCUT2D eigenvalue weighted by molar-refractivity contribution is 5.82. The van der Waals surface area contributed by atoms with Crippen LogP contribution in [-0.2, 0) is 6.54 Å². The minimum absolute atomic E-state index is 0.0419. The molecule has 5 rings (SSSR count). The van der Waals surface area contributed by atoms with E-state index in [1.54, 1.807) is 24.3 Å². The third-order valence-electron chi connectivity index (χ3n) is 5.13. The third-order valence-corrected chi connectivity index (χ3v) is 5.13. The molecule has 2 heterocycles. The van der Waals surface area contributed by atoms with Crippen LogP contribution in [0.15, 0.2) is 82.0 Å². The zero-order chi connectivity index (χ0) is 20.7. The summed E-state index contributed by atoms with van der Waals surface area (Å²) in [6.07, 6.45) is 0. The molecule has 0 aliphatic carbocycles. The molecule has 148 valence electrons. The van der Waals surface area contributed by atoms with Crippen molar-refractivity contribution in [2.24, 2.45) is 0 Å². The van der Waals surface area contributed by atoms with E-state index in [0.29, 0.717) is 29.0 Å². The molecule has 0 unspecified atom stereocenters. The van der Waals surface area contributed by atoms with Gasteiger partial charge in [-0.25, -0.2) is 0 Å². The van der Waals surface area contributed by atoms with Crippen molar-refractivity contribution in [1.29, 1.82) is 0 Å². The summed E-state index contributed by atoms with van der Waals surface area (Å²) in [5.41, 5.74) is 2.66. The van der Waals surface area contributed by atoms with Gasteiger partial charge in [0.15, 0.2) is 12.2 Å². The van der Waals surface area contributed by atoms with Crippen LogP contribution in [-0.4, -0.2) is 11.7 Å². The van der Waals surface area contributed by atoms with E-state index in [9.17, 15) is 14.9 Å². The molecule has 7 nitrogen and oxygen atoms in total. The third kappa shape index (κ3) is 3.06. The van der Waals surface area contributed by atoms with Gasteiger partial charge in [0.1, 0.15) is 11.3 Å². The van der Waals surface area contributed by atoms with Crippen LogP contribution in [0, 0.1) is 10.1 Å². The quantitative estimate of drug-likeness (QED) is 0.365. The van der Waals surface area contributed by atoms with E-state index in [0.717, 1.165) is 16.8 Å². The number of nitrogens with zero attached hydrogens (tertiary/aromatic N) is 2. The fraction of sp³-hybridized carbons (Fsp3) is 0.0870.